The van der Waals surface area contributed by atoms with E-state index in [-0.39, 0.29) is 5.44 Å². The third-order valence-corrected chi connectivity index (χ3v) is 5.20. The molecular weight excluding hydrogens is 280 g/mol. The lowest BCUT2D eigenvalue weighted by molar-refractivity contribution is -0.184. The molecule has 6 atom stereocenters. The van der Waals surface area contributed by atoms with Gasteiger partial charge >= 0.3 is 0 Å². The lowest BCUT2D eigenvalue weighted by Gasteiger charge is -2.40. The number of hydrogen-bond donors (Lipinski definition) is 3. The lowest BCUT2D eigenvalue weighted by atomic mass is 9.94. The average Bonchev–Trinajstić information content (AvgIpc) is 2.75. The highest BCUT2D eigenvalue weighted by Crippen LogP contribution is 2.39. The van der Waals surface area contributed by atoms with Crippen molar-refractivity contribution in [3.63, 3.8) is 0 Å². The fraction of sp³-hybridized carbons (Fsp3) is 0.769. The van der Waals surface area contributed by atoms with Crippen LogP contribution in [-0.4, -0.2) is 74.4 Å². The maximum absolute atomic E-state index is 10.2. The summed E-state index contributed by atoms with van der Waals surface area (Å²) in [6, 6.07) is -0.460. The maximum Gasteiger partial charge on any atom is 0.162 e. The van der Waals surface area contributed by atoms with Gasteiger partial charge in [-0.25, -0.2) is 0 Å². The molecule has 0 saturated carbocycles. The van der Waals surface area contributed by atoms with Crippen LogP contribution in [0.5, 0.6) is 0 Å². The van der Waals surface area contributed by atoms with Gasteiger partial charge in [0.25, 0.3) is 0 Å². The van der Waals surface area contributed by atoms with Gasteiger partial charge in [-0.05, 0) is 12.8 Å². The van der Waals surface area contributed by atoms with E-state index in [9.17, 15) is 15.3 Å². The summed E-state index contributed by atoms with van der Waals surface area (Å²) < 4.78 is 5.77. The van der Waals surface area contributed by atoms with Crippen LogP contribution < -0.4 is 0 Å². The van der Waals surface area contributed by atoms with Gasteiger partial charge in [0, 0.05) is 13.1 Å². The number of aliphatic hydroxyl groups is 3. The van der Waals surface area contributed by atoms with Gasteiger partial charge in [-0.2, -0.15) is 0 Å². The number of aliphatic hydroxyl groups excluding tert-OH is 3. The van der Waals surface area contributed by atoms with E-state index < -0.39 is 30.5 Å². The van der Waals surface area contributed by atoms with Crippen LogP contribution >= 0.6 is 11.8 Å². The zero-order valence-electron chi connectivity index (χ0n) is 11.1. The van der Waals surface area contributed by atoms with Crippen molar-refractivity contribution in [3.05, 3.63) is 12.7 Å². The molecule has 2 fully saturated rings. The highest BCUT2D eigenvalue weighted by atomic mass is 32.2. The topological polar surface area (TPSA) is 85.5 Å². The van der Waals surface area contributed by atoms with Crippen LogP contribution in [0, 0.1) is 0 Å². The number of aliphatic imine (C=N–C) groups is 1. The molecule has 0 aromatic carbocycles. The summed E-state index contributed by atoms with van der Waals surface area (Å²) in [5.41, 5.74) is -0.339. The number of nitrogens with zero attached hydrogens (tertiary/aromatic N) is 2. The Kier molecular flexibility index (Phi) is 4.05. The van der Waals surface area contributed by atoms with Crippen LogP contribution in [0.3, 0.4) is 0 Å². The van der Waals surface area contributed by atoms with Crippen LogP contribution in [-0.2, 0) is 4.74 Å². The van der Waals surface area contributed by atoms with Gasteiger partial charge in [-0.3, -0.25) is 4.99 Å². The van der Waals surface area contributed by atoms with Crippen molar-refractivity contribution in [2.75, 3.05) is 13.1 Å². The van der Waals surface area contributed by atoms with Crippen LogP contribution in [0.1, 0.15) is 12.8 Å². The Morgan fingerprint density at radius 2 is 2.20 bits per heavy atom. The molecule has 7 heteroatoms. The van der Waals surface area contributed by atoms with E-state index in [4.69, 9.17) is 4.74 Å². The quantitative estimate of drug-likeness (QED) is 0.612. The van der Waals surface area contributed by atoms with Crippen molar-refractivity contribution >= 4 is 16.9 Å². The normalized spacial score (nSPS) is 41.6. The minimum atomic E-state index is -1.13. The van der Waals surface area contributed by atoms with E-state index in [1.54, 1.807) is 6.08 Å². The van der Waals surface area contributed by atoms with E-state index in [0.29, 0.717) is 6.42 Å². The third-order valence-electron chi connectivity index (χ3n) is 4.00. The van der Waals surface area contributed by atoms with Gasteiger partial charge in [0.05, 0.1) is 6.10 Å². The Bertz CT molecular complexity index is 415. The number of fused-ring (bicyclic) bond motifs is 1. The number of rotatable bonds is 3. The molecule has 3 aliphatic heterocycles. The Labute approximate surface area is 122 Å². The van der Waals surface area contributed by atoms with E-state index in [1.165, 1.54) is 11.8 Å². The molecule has 0 aromatic rings. The third kappa shape index (κ3) is 2.37. The van der Waals surface area contributed by atoms with Crippen LogP contribution in [0.15, 0.2) is 17.6 Å². The minimum absolute atomic E-state index is 0.316. The molecule has 0 aromatic heterocycles. The SMILES string of the molecule is C=CC[C@H](O)C1O[C@@H]2SC(N3CCC3)=N[C@@H]2[C@@H](O)[C@@H]1O. The van der Waals surface area contributed by atoms with Crippen molar-refractivity contribution in [2.24, 2.45) is 4.99 Å². The number of thioether (sulfide) groups is 1. The summed E-state index contributed by atoms with van der Waals surface area (Å²) >= 11 is 1.47. The first-order valence-corrected chi connectivity index (χ1v) is 7.79. The van der Waals surface area contributed by atoms with Gasteiger partial charge in [0.15, 0.2) is 5.17 Å². The maximum atomic E-state index is 10.2. The molecule has 1 unspecified atom stereocenters. The number of ether oxygens (including phenoxy) is 1. The van der Waals surface area contributed by atoms with Crippen LogP contribution in [0.25, 0.3) is 0 Å². The molecule has 6 nitrogen and oxygen atoms in total. The van der Waals surface area contributed by atoms with Crippen molar-refractivity contribution in [1.29, 1.82) is 0 Å². The largest absolute Gasteiger partial charge is 0.390 e. The van der Waals surface area contributed by atoms with Crippen molar-refractivity contribution < 1.29 is 20.1 Å². The Balaban J connectivity index is 1.71. The lowest BCUT2D eigenvalue weighted by Crippen LogP contribution is -2.58. The zero-order valence-corrected chi connectivity index (χ0v) is 11.9. The first-order chi connectivity index (χ1) is 9.61. The molecule has 3 rings (SSSR count). The molecule has 20 heavy (non-hydrogen) atoms. The second-order valence-corrected chi connectivity index (χ2v) is 6.47. The smallest absolute Gasteiger partial charge is 0.162 e. The van der Waals surface area contributed by atoms with Crippen molar-refractivity contribution in [3.8, 4) is 0 Å². The van der Waals surface area contributed by atoms with Gasteiger partial charge in [-0.1, -0.05) is 17.8 Å². The molecule has 0 spiro atoms. The number of amidine groups is 1. The molecule has 3 N–H and O–H groups in total. The molecule has 0 aliphatic carbocycles. The molecule has 2 saturated heterocycles. The molecule has 3 aliphatic rings. The number of likely N-dealkylation sites (tertiary alicyclic amines) is 1. The van der Waals surface area contributed by atoms with E-state index in [2.05, 4.69) is 16.5 Å². The Morgan fingerprint density at radius 3 is 2.80 bits per heavy atom. The standard InChI is InChI=1S/C13H20N2O4S/c1-2-4-7(16)11-10(18)9(17)8-12(19-11)20-13(14-8)15-5-3-6-15/h2,7-12,16-18H,1,3-6H2/t7-,8+,9+,10-,11?,12+/m0/s1. The predicted molar refractivity (Wildman–Crippen MR) is 76.5 cm³/mol. The Morgan fingerprint density at radius 1 is 1.45 bits per heavy atom. The van der Waals surface area contributed by atoms with Crippen molar-refractivity contribution in [2.45, 2.75) is 48.7 Å². The van der Waals surface area contributed by atoms with Crippen LogP contribution in [0.4, 0.5) is 0 Å². The molecule has 112 valence electrons. The van der Waals surface area contributed by atoms with Crippen molar-refractivity contribution in [1.82, 2.24) is 4.90 Å². The zero-order chi connectivity index (χ0) is 14.3. The van der Waals surface area contributed by atoms with Gasteiger partial charge in [-0.15, -0.1) is 6.58 Å². The predicted octanol–water partition coefficient (Wildman–Crippen LogP) is -0.453. The first kappa shape index (κ1) is 14.3. The van der Waals surface area contributed by atoms with E-state index >= 15 is 0 Å². The summed E-state index contributed by atoms with van der Waals surface area (Å²) in [4.78, 5) is 6.61. The minimum Gasteiger partial charge on any atom is -0.390 e. The second-order valence-electron chi connectivity index (χ2n) is 5.40. The first-order valence-electron chi connectivity index (χ1n) is 6.92. The summed E-state index contributed by atoms with van der Waals surface area (Å²) in [5.74, 6) is 0. The molecule has 3 heterocycles. The van der Waals surface area contributed by atoms with Gasteiger partial charge in [0.2, 0.25) is 0 Å². The van der Waals surface area contributed by atoms with Crippen LogP contribution in [0.2, 0.25) is 0 Å². The van der Waals surface area contributed by atoms with E-state index in [1.807, 2.05) is 0 Å². The highest BCUT2D eigenvalue weighted by Gasteiger charge is 2.50. The monoisotopic (exact) mass is 300 g/mol. The Hall–Kier alpha value is -0.600. The van der Waals surface area contributed by atoms with Gasteiger partial charge < -0.3 is 25.0 Å². The fourth-order valence-corrected chi connectivity index (χ4v) is 3.92. The summed E-state index contributed by atoms with van der Waals surface area (Å²) in [6.07, 6.45) is -0.772. The molecule has 0 bridgehead atoms. The summed E-state index contributed by atoms with van der Waals surface area (Å²) in [6.45, 7) is 5.52. The number of hydrogen-bond acceptors (Lipinski definition) is 7. The van der Waals surface area contributed by atoms with Gasteiger partial charge in [0.1, 0.15) is 29.8 Å². The summed E-state index contributed by atoms with van der Waals surface area (Å²) in [7, 11) is 0. The van der Waals surface area contributed by atoms with E-state index in [0.717, 1.165) is 24.7 Å². The fourth-order valence-electron chi connectivity index (χ4n) is 2.66. The summed E-state index contributed by atoms with van der Waals surface area (Å²) in [5, 5.41) is 31.2. The average molecular weight is 300 g/mol. The molecular formula is C13H20N2O4S. The highest BCUT2D eigenvalue weighted by molar-refractivity contribution is 8.14. The second kappa shape index (κ2) is 5.65. The molecule has 0 radical (unpaired) electrons. The molecule has 0 amide bonds.